The molecule has 27 nitrogen and oxygen atoms in total. The second kappa shape index (κ2) is 97.1. The van der Waals surface area contributed by atoms with Gasteiger partial charge in [0, 0.05) is 37.0 Å². The minimum absolute atomic E-state index is 0. The van der Waals surface area contributed by atoms with Gasteiger partial charge in [0.15, 0.2) is 0 Å². The van der Waals surface area contributed by atoms with Gasteiger partial charge in [0.2, 0.25) is 17.7 Å². The van der Waals surface area contributed by atoms with Crippen LogP contribution >= 0.6 is 0 Å². The number of amides is 3. The first-order valence-corrected chi connectivity index (χ1v) is 38.7. The van der Waals surface area contributed by atoms with Gasteiger partial charge in [0.05, 0.1) is 24.4 Å². The summed E-state index contributed by atoms with van der Waals surface area (Å²) in [6.07, 6.45) is 47.0. The zero-order valence-corrected chi connectivity index (χ0v) is 77.2. The zero-order chi connectivity index (χ0) is 80.2. The Kier molecular flexibility index (Phi) is 117. The summed E-state index contributed by atoms with van der Waals surface area (Å²) in [6.45, 7) is 17.1. The molecule has 12 atom stereocenters. The Morgan fingerprint density at radius 2 is 0.486 bits per heavy atom. The fraction of sp³-hybridized carbons (Fsp3) is 0.868. The molecule has 0 bridgehead atoms. The molecule has 0 unspecified atom stereocenters. The summed E-state index contributed by atoms with van der Waals surface area (Å²) in [4.78, 5) is 107. The van der Waals surface area contributed by atoms with E-state index >= 15 is 0 Å². The van der Waals surface area contributed by atoms with Gasteiger partial charge in [-0.05, 0) is 92.2 Å². The predicted octanol–water partition coefficient (Wildman–Crippen LogP) is -4.14. The number of unbranched alkanes of at least 4 members (excludes halogenated alkanes) is 36. The first-order valence-electron chi connectivity index (χ1n) is 38.7. The Balaban J connectivity index is -0.000000116. The van der Waals surface area contributed by atoms with Gasteiger partial charge in [-0.25, -0.2) is 12.6 Å². The number of carboxylic acid groups (broad SMARTS) is 5. The summed E-state index contributed by atoms with van der Waals surface area (Å²) >= 11 is 0. The number of carbonyl (C=O) groups is 8. The van der Waals surface area contributed by atoms with Crippen molar-refractivity contribution in [2.45, 2.75) is 425 Å². The minimum atomic E-state index is -1.20. The molecule has 3 amide bonds. The SMILES string of the molecule is CCCCCCCCCCCC(=O)N[C@H](C(=O)N[C@H]([C-]=O)[C@@H](C)O)[C@@H](C)O.CCCCCCCCCCCC(=O)N[C@H]([C-]=O)[C@@H](C)O.CCCCCCCCCCCCCC(=O)[O-].CCCCCCCCCCCCCC(=O)[O-].C[C@@H](O)[C@H](N)C(=O)O.C[C@@H](O)[C@H](N)C(=O)O.C[C@@H](O)[C@H](N)C(=O)O.[Na+].[Na+].[Na+].[Na+]. The topological polar surface area (TPSA) is 513 Å². The fourth-order valence-corrected chi connectivity index (χ4v) is 9.32. The molecule has 0 aromatic rings. The first kappa shape index (κ1) is 129. The van der Waals surface area contributed by atoms with Gasteiger partial charge in [-0.3, -0.25) is 28.8 Å². The van der Waals surface area contributed by atoms with Crippen LogP contribution in [0, 0.1) is 0 Å². The summed E-state index contributed by atoms with van der Waals surface area (Å²) in [6, 6.07) is -6.75. The number of nitrogens with two attached hydrogens (primary N) is 3. The number of rotatable bonds is 59. The molecule has 0 spiro atoms. The predicted molar refractivity (Wildman–Crippen MR) is 400 cm³/mol. The third-order valence-corrected chi connectivity index (χ3v) is 16.3. The molecule has 0 saturated heterocycles. The molecule has 612 valence electrons. The molecule has 0 aromatic heterocycles. The van der Waals surface area contributed by atoms with Crippen LogP contribution in [0.4, 0.5) is 0 Å². The largest absolute Gasteiger partial charge is 1.00 e. The summed E-state index contributed by atoms with van der Waals surface area (Å²) in [7, 11) is 0. The Morgan fingerprint density at radius 3 is 0.645 bits per heavy atom. The van der Waals surface area contributed by atoms with Crippen molar-refractivity contribution in [1.29, 1.82) is 0 Å². The Morgan fingerprint density at radius 1 is 0.299 bits per heavy atom. The van der Waals surface area contributed by atoms with Crippen molar-refractivity contribution in [2.75, 3.05) is 0 Å². The van der Waals surface area contributed by atoms with Crippen LogP contribution in [-0.2, 0) is 47.9 Å². The molecule has 0 aromatic carbocycles. The smallest absolute Gasteiger partial charge is 0.550 e. The van der Waals surface area contributed by atoms with Gasteiger partial charge in [-0.15, -0.1) is 0 Å². The minimum Gasteiger partial charge on any atom is -0.550 e. The second-order valence-electron chi connectivity index (χ2n) is 26.8. The Bertz CT molecular complexity index is 1930. The van der Waals surface area contributed by atoms with Crippen LogP contribution in [-0.4, -0.2) is 179 Å². The van der Waals surface area contributed by atoms with Crippen LogP contribution < -0.4 is 162 Å². The molecular formula is C76H148N6Na4O21. The number of nitrogens with one attached hydrogen (secondary N) is 3. The molecule has 0 rings (SSSR count). The van der Waals surface area contributed by atoms with E-state index < -0.39 is 109 Å². The first-order chi connectivity index (χ1) is 48.6. The molecular weight excluding hydrogens is 1420 g/mol. The van der Waals surface area contributed by atoms with E-state index in [1.54, 1.807) is 6.29 Å². The fourth-order valence-electron chi connectivity index (χ4n) is 9.32. The number of aliphatic carboxylic acids is 5. The van der Waals surface area contributed by atoms with Gasteiger partial charge in [-0.1, -0.05) is 259 Å². The van der Waals surface area contributed by atoms with Gasteiger partial charge in [0.1, 0.15) is 24.2 Å². The zero-order valence-electron chi connectivity index (χ0n) is 69.2. The van der Waals surface area contributed by atoms with Crippen LogP contribution in [0.25, 0.3) is 0 Å². The van der Waals surface area contributed by atoms with Crippen LogP contribution in [0.1, 0.15) is 352 Å². The molecule has 0 fully saturated rings. The average Bonchev–Trinajstić information content (AvgIpc) is 0.882. The van der Waals surface area contributed by atoms with E-state index in [0.717, 1.165) is 57.8 Å². The van der Waals surface area contributed by atoms with Crippen molar-refractivity contribution in [3.05, 3.63) is 0 Å². The molecule has 0 radical (unpaired) electrons. The van der Waals surface area contributed by atoms with E-state index in [1.807, 2.05) is 0 Å². The molecule has 0 saturated carbocycles. The van der Waals surface area contributed by atoms with Crippen molar-refractivity contribution >= 4 is 60.1 Å². The van der Waals surface area contributed by atoms with E-state index in [9.17, 15) is 73.5 Å². The van der Waals surface area contributed by atoms with E-state index in [0.29, 0.717) is 6.42 Å². The van der Waals surface area contributed by atoms with E-state index in [-0.39, 0.29) is 149 Å². The Hall–Kier alpha value is -1.26. The van der Waals surface area contributed by atoms with Crippen LogP contribution in [0.2, 0.25) is 0 Å². The maximum Gasteiger partial charge on any atom is 1.00 e. The maximum atomic E-state index is 12.1. The van der Waals surface area contributed by atoms with Crippen molar-refractivity contribution in [2.24, 2.45) is 17.2 Å². The van der Waals surface area contributed by atoms with Crippen molar-refractivity contribution < 1.29 is 222 Å². The number of hydrogen-bond acceptors (Lipinski definition) is 21. The number of carboxylic acids is 5. The summed E-state index contributed by atoms with van der Waals surface area (Å²) in [5.41, 5.74) is 14.7. The normalized spacial score (nSPS) is 13.5. The van der Waals surface area contributed by atoms with E-state index in [2.05, 4.69) is 43.6 Å². The molecule has 31 heteroatoms. The summed E-state index contributed by atoms with van der Waals surface area (Å²) < 4.78 is 0. The summed E-state index contributed by atoms with van der Waals surface area (Å²) in [5, 5.41) is 106. The standard InChI is InChI=1S/C20H37N2O5.C16H30NO3.2C14H28O2.3C4H9NO3.4Na/c1-4-5-6-7-8-9-10-11-12-13-18(26)22-19(16(3)25)20(27)21-17(14-23)15(2)24;1-3-4-5-6-7-8-9-10-11-12-16(20)17-15(13-18)14(2)19;2*1-2-3-4-5-6-7-8-9-10-11-12-13-14(15)16;3*1-2(6)3(5)4(7)8;;;;/h15-17,19,24-25H,4-13H2,1-3H3,(H,21,27)(H,22,26);14-15,19H,3-12H2,1-2H3,(H,17,20);2*2-13H2,1H3,(H,15,16);3*2-3,6H,5H2,1H3,(H,7,8);;;;/q2*-1;;;;;;4*+1/p-2/t15-,16-,17-,19+;14-,15-;;;3*2-,3+;;;;/m11..111..../s1. The Labute approximate surface area is 733 Å². The molecule has 0 aliphatic heterocycles. The molecule has 18 N–H and O–H groups in total. The number of carbonyl (C=O) groups excluding carboxylic acids is 7. The van der Waals surface area contributed by atoms with Crippen LogP contribution in [0.15, 0.2) is 0 Å². The number of aliphatic hydroxyl groups excluding tert-OH is 6. The summed E-state index contributed by atoms with van der Waals surface area (Å²) in [5.74, 6) is -6.57. The number of aliphatic hydroxyl groups is 6. The monoisotopic (exact) mass is 1570 g/mol. The molecule has 107 heavy (non-hydrogen) atoms. The van der Waals surface area contributed by atoms with E-state index in [1.165, 1.54) is 247 Å². The van der Waals surface area contributed by atoms with Gasteiger partial charge >= 0.3 is 136 Å². The molecule has 0 heterocycles. The van der Waals surface area contributed by atoms with Gasteiger partial charge < -0.3 is 109 Å². The van der Waals surface area contributed by atoms with E-state index in [4.69, 9.17) is 47.8 Å². The molecule has 0 aliphatic rings. The van der Waals surface area contributed by atoms with Crippen LogP contribution in [0.5, 0.6) is 0 Å². The third-order valence-electron chi connectivity index (χ3n) is 16.3. The number of hydrogen-bond donors (Lipinski definition) is 15. The van der Waals surface area contributed by atoms with Crippen LogP contribution in [0.3, 0.4) is 0 Å². The van der Waals surface area contributed by atoms with Gasteiger partial charge in [-0.2, -0.15) is 0 Å². The van der Waals surface area contributed by atoms with Gasteiger partial charge in [0.25, 0.3) is 0 Å². The van der Waals surface area contributed by atoms with Crippen molar-refractivity contribution in [3.8, 4) is 0 Å². The average molecular weight is 1570 g/mol. The van der Waals surface area contributed by atoms with Crippen molar-refractivity contribution in [1.82, 2.24) is 16.0 Å². The second-order valence-corrected chi connectivity index (χ2v) is 26.8. The quantitative estimate of drug-likeness (QED) is 0.0156. The van der Waals surface area contributed by atoms with Crippen molar-refractivity contribution in [3.63, 3.8) is 0 Å². The molecule has 0 aliphatic carbocycles. The maximum absolute atomic E-state index is 12.1. The third kappa shape index (κ3) is 105.